The van der Waals surface area contributed by atoms with Crippen molar-refractivity contribution in [1.82, 2.24) is 10.2 Å². The van der Waals surface area contributed by atoms with Crippen molar-refractivity contribution in [3.8, 4) is 11.5 Å². The van der Waals surface area contributed by atoms with Crippen LogP contribution in [-0.2, 0) is 16.1 Å². The number of amides is 2. The molecule has 6 nitrogen and oxygen atoms in total. The van der Waals surface area contributed by atoms with Crippen molar-refractivity contribution in [3.63, 3.8) is 0 Å². The molecule has 2 aromatic rings. The van der Waals surface area contributed by atoms with Gasteiger partial charge in [0.1, 0.15) is 17.5 Å². The summed E-state index contributed by atoms with van der Waals surface area (Å²) >= 11 is 0. The number of methoxy groups -OCH3 is 1. The molecule has 0 aromatic heterocycles. The van der Waals surface area contributed by atoms with Crippen molar-refractivity contribution in [3.05, 3.63) is 59.2 Å². The lowest BCUT2D eigenvalue weighted by molar-refractivity contribution is -0.143. The third-order valence-electron chi connectivity index (χ3n) is 5.28. The number of hydrogen-bond donors (Lipinski definition) is 1. The normalized spacial score (nSPS) is 11.7. The lowest BCUT2D eigenvalue weighted by atomic mass is 10.1. The van der Waals surface area contributed by atoms with Gasteiger partial charge in [0, 0.05) is 13.1 Å². The van der Waals surface area contributed by atoms with Crippen LogP contribution in [0.3, 0.4) is 0 Å². The van der Waals surface area contributed by atoms with E-state index < -0.39 is 6.04 Å². The van der Waals surface area contributed by atoms with Gasteiger partial charge in [-0.15, -0.1) is 0 Å². The minimum Gasteiger partial charge on any atom is -0.497 e. The van der Waals surface area contributed by atoms with Gasteiger partial charge in [0.15, 0.2) is 6.61 Å². The summed E-state index contributed by atoms with van der Waals surface area (Å²) in [5, 5.41) is 2.97. The Morgan fingerprint density at radius 3 is 2.34 bits per heavy atom. The lowest BCUT2D eigenvalue weighted by Gasteiger charge is -2.31. The summed E-state index contributed by atoms with van der Waals surface area (Å²) in [6.45, 7) is 10.7. The van der Waals surface area contributed by atoms with E-state index in [0.29, 0.717) is 31.2 Å². The maximum absolute atomic E-state index is 13.3. The molecule has 0 aliphatic carbocycles. The second-order valence-electron chi connectivity index (χ2n) is 8.49. The topological polar surface area (TPSA) is 67.9 Å². The van der Waals surface area contributed by atoms with Crippen molar-refractivity contribution in [2.45, 2.75) is 53.6 Å². The molecule has 32 heavy (non-hydrogen) atoms. The zero-order chi connectivity index (χ0) is 23.7. The van der Waals surface area contributed by atoms with E-state index in [-0.39, 0.29) is 18.4 Å². The van der Waals surface area contributed by atoms with Gasteiger partial charge >= 0.3 is 0 Å². The molecule has 0 unspecified atom stereocenters. The van der Waals surface area contributed by atoms with Crippen LogP contribution in [0.4, 0.5) is 0 Å². The Hall–Kier alpha value is -3.02. The SMILES string of the molecule is CC[C@@H](C(=O)NCC(C)C)N(Cc1ccc(OC)cc1)C(=O)COc1cc(C)ccc1C. The summed E-state index contributed by atoms with van der Waals surface area (Å²) in [4.78, 5) is 27.8. The number of rotatable bonds is 11. The Morgan fingerprint density at radius 2 is 1.75 bits per heavy atom. The van der Waals surface area contributed by atoms with Crippen LogP contribution in [0.25, 0.3) is 0 Å². The number of ether oxygens (including phenoxy) is 2. The van der Waals surface area contributed by atoms with Crippen LogP contribution in [-0.4, -0.2) is 43.0 Å². The minimum absolute atomic E-state index is 0.131. The number of aryl methyl sites for hydroxylation is 2. The van der Waals surface area contributed by atoms with E-state index in [9.17, 15) is 9.59 Å². The summed E-state index contributed by atoms with van der Waals surface area (Å²) < 4.78 is 11.1. The molecule has 0 saturated heterocycles. The van der Waals surface area contributed by atoms with Gasteiger partial charge < -0.3 is 19.7 Å². The van der Waals surface area contributed by atoms with Gasteiger partial charge in [-0.1, -0.05) is 45.0 Å². The molecule has 174 valence electrons. The number of nitrogens with one attached hydrogen (secondary N) is 1. The van der Waals surface area contributed by atoms with Crippen LogP contribution in [0.15, 0.2) is 42.5 Å². The maximum atomic E-state index is 13.3. The van der Waals surface area contributed by atoms with Gasteiger partial charge in [0.05, 0.1) is 7.11 Å². The Bertz CT molecular complexity index is 893. The molecule has 0 heterocycles. The first-order chi connectivity index (χ1) is 15.2. The van der Waals surface area contributed by atoms with Gasteiger partial charge in [-0.2, -0.15) is 0 Å². The number of carbonyl (C=O) groups is 2. The van der Waals surface area contributed by atoms with Gasteiger partial charge in [-0.3, -0.25) is 9.59 Å². The third kappa shape index (κ3) is 7.29. The highest BCUT2D eigenvalue weighted by Gasteiger charge is 2.29. The fourth-order valence-electron chi connectivity index (χ4n) is 3.35. The highest BCUT2D eigenvalue weighted by Crippen LogP contribution is 2.20. The second kappa shape index (κ2) is 12.1. The molecule has 0 fully saturated rings. The highest BCUT2D eigenvalue weighted by atomic mass is 16.5. The molecule has 0 spiro atoms. The Kier molecular flexibility index (Phi) is 9.57. The fraction of sp³-hybridized carbons (Fsp3) is 0.462. The Balaban J connectivity index is 2.22. The molecule has 0 radical (unpaired) electrons. The van der Waals surface area contributed by atoms with E-state index in [1.165, 1.54) is 0 Å². The first-order valence-electron chi connectivity index (χ1n) is 11.1. The third-order valence-corrected chi connectivity index (χ3v) is 5.28. The molecule has 6 heteroatoms. The van der Waals surface area contributed by atoms with Crippen LogP contribution in [0.5, 0.6) is 11.5 Å². The first kappa shape index (κ1) is 25.2. The summed E-state index contributed by atoms with van der Waals surface area (Å²) in [6.07, 6.45) is 0.509. The molecular formula is C26H36N2O4. The van der Waals surface area contributed by atoms with Gasteiger partial charge in [0.25, 0.3) is 5.91 Å². The highest BCUT2D eigenvalue weighted by molar-refractivity contribution is 5.88. The van der Waals surface area contributed by atoms with E-state index >= 15 is 0 Å². The van der Waals surface area contributed by atoms with E-state index in [2.05, 4.69) is 5.32 Å². The first-order valence-corrected chi connectivity index (χ1v) is 11.1. The van der Waals surface area contributed by atoms with Crippen LogP contribution in [0.2, 0.25) is 0 Å². The molecule has 2 rings (SSSR count). The summed E-state index contributed by atoms with van der Waals surface area (Å²) in [6, 6.07) is 12.8. The number of nitrogens with zero attached hydrogens (tertiary/aromatic N) is 1. The van der Waals surface area contributed by atoms with Gasteiger partial charge in [0.2, 0.25) is 5.91 Å². The van der Waals surface area contributed by atoms with Crippen LogP contribution >= 0.6 is 0 Å². The van der Waals surface area contributed by atoms with E-state index in [0.717, 1.165) is 22.4 Å². The zero-order valence-corrected chi connectivity index (χ0v) is 20.1. The second-order valence-corrected chi connectivity index (χ2v) is 8.49. The minimum atomic E-state index is -0.578. The molecule has 0 aliphatic heterocycles. The molecule has 2 aromatic carbocycles. The maximum Gasteiger partial charge on any atom is 0.261 e. The van der Waals surface area contributed by atoms with Crippen molar-refractivity contribution in [1.29, 1.82) is 0 Å². The number of benzene rings is 2. The molecule has 0 aliphatic rings. The predicted molar refractivity (Wildman–Crippen MR) is 127 cm³/mol. The predicted octanol–water partition coefficient (Wildman–Crippen LogP) is 4.27. The molecule has 0 bridgehead atoms. The largest absolute Gasteiger partial charge is 0.497 e. The fourth-order valence-corrected chi connectivity index (χ4v) is 3.35. The van der Waals surface area contributed by atoms with Crippen molar-refractivity contribution < 1.29 is 19.1 Å². The van der Waals surface area contributed by atoms with Crippen LogP contribution in [0, 0.1) is 19.8 Å². The molecule has 1 N–H and O–H groups in total. The quantitative estimate of drug-likeness (QED) is 0.567. The van der Waals surface area contributed by atoms with E-state index in [1.807, 2.05) is 77.1 Å². The van der Waals surface area contributed by atoms with Crippen molar-refractivity contribution in [2.75, 3.05) is 20.3 Å². The van der Waals surface area contributed by atoms with E-state index in [1.54, 1.807) is 12.0 Å². The average Bonchev–Trinajstić information content (AvgIpc) is 2.78. The average molecular weight is 441 g/mol. The number of hydrogen-bond acceptors (Lipinski definition) is 4. The van der Waals surface area contributed by atoms with Crippen molar-refractivity contribution >= 4 is 11.8 Å². The van der Waals surface area contributed by atoms with Gasteiger partial charge in [-0.05, 0) is 61.1 Å². The molecule has 2 amide bonds. The molecular weight excluding hydrogens is 404 g/mol. The summed E-state index contributed by atoms with van der Waals surface area (Å²) in [5.74, 6) is 1.38. The van der Waals surface area contributed by atoms with E-state index in [4.69, 9.17) is 9.47 Å². The number of carbonyl (C=O) groups excluding carboxylic acids is 2. The Labute approximate surface area is 191 Å². The smallest absolute Gasteiger partial charge is 0.261 e. The monoisotopic (exact) mass is 440 g/mol. The Morgan fingerprint density at radius 1 is 1.06 bits per heavy atom. The standard InChI is InChI=1S/C26H36N2O4/c1-7-23(26(30)27-15-18(2)3)28(16-21-10-12-22(31-6)13-11-21)25(29)17-32-24-14-19(4)8-9-20(24)5/h8-14,18,23H,7,15-17H2,1-6H3,(H,27,30)/t23-/m0/s1. The molecule has 1 atom stereocenters. The van der Waals surface area contributed by atoms with Crippen LogP contribution < -0.4 is 14.8 Å². The molecule has 0 saturated carbocycles. The summed E-state index contributed by atoms with van der Waals surface area (Å²) in [5.41, 5.74) is 2.94. The lowest BCUT2D eigenvalue weighted by Crippen LogP contribution is -2.50. The van der Waals surface area contributed by atoms with Crippen molar-refractivity contribution in [2.24, 2.45) is 5.92 Å². The summed E-state index contributed by atoms with van der Waals surface area (Å²) in [7, 11) is 1.61. The van der Waals surface area contributed by atoms with Gasteiger partial charge in [-0.25, -0.2) is 0 Å². The van der Waals surface area contributed by atoms with Crippen LogP contribution in [0.1, 0.15) is 43.9 Å². The zero-order valence-electron chi connectivity index (χ0n) is 20.1.